The zero-order valence-corrected chi connectivity index (χ0v) is 11.4. The molecule has 5 heteroatoms. The van der Waals surface area contributed by atoms with E-state index in [4.69, 9.17) is 11.6 Å². The van der Waals surface area contributed by atoms with Crippen LogP contribution >= 0.6 is 34.2 Å². The Morgan fingerprint density at radius 2 is 2.12 bits per heavy atom. The Kier molecular flexibility index (Phi) is 3.21. The number of anilines is 1. The van der Waals surface area contributed by atoms with Gasteiger partial charge in [-0.1, -0.05) is 18.5 Å². The highest BCUT2D eigenvalue weighted by atomic mass is 127. The molecule has 2 amide bonds. The Morgan fingerprint density at radius 3 is 2.62 bits per heavy atom. The van der Waals surface area contributed by atoms with Crippen LogP contribution < -0.4 is 4.90 Å². The van der Waals surface area contributed by atoms with E-state index in [1.807, 2.05) is 6.07 Å². The van der Waals surface area contributed by atoms with E-state index in [9.17, 15) is 9.59 Å². The number of hydrogen-bond donors (Lipinski definition) is 0. The van der Waals surface area contributed by atoms with Crippen molar-refractivity contribution in [1.82, 2.24) is 0 Å². The largest absolute Gasteiger partial charge is 0.274 e. The Labute approximate surface area is 112 Å². The molecule has 1 saturated heterocycles. The van der Waals surface area contributed by atoms with Crippen molar-refractivity contribution >= 4 is 51.7 Å². The molecule has 1 unspecified atom stereocenters. The number of halogens is 2. The van der Waals surface area contributed by atoms with Crippen LogP contribution in [0.25, 0.3) is 0 Å². The Balaban J connectivity index is 2.45. The normalized spacial score (nSPS) is 20.7. The molecule has 16 heavy (non-hydrogen) atoms. The first-order valence-electron chi connectivity index (χ1n) is 4.82. The van der Waals surface area contributed by atoms with Gasteiger partial charge in [-0.2, -0.15) is 0 Å². The molecule has 1 aliphatic heterocycles. The van der Waals surface area contributed by atoms with Gasteiger partial charge < -0.3 is 0 Å². The number of carbonyl (C=O) groups is 2. The van der Waals surface area contributed by atoms with Crippen LogP contribution in [0.2, 0.25) is 5.02 Å². The molecule has 0 saturated carbocycles. The number of rotatable bonds is 1. The fraction of sp³-hybridized carbons (Fsp3) is 0.273. The van der Waals surface area contributed by atoms with Gasteiger partial charge in [-0.3, -0.25) is 9.59 Å². The summed E-state index contributed by atoms with van der Waals surface area (Å²) in [5, 5.41) is 0.433. The van der Waals surface area contributed by atoms with Gasteiger partial charge in [-0.25, -0.2) is 4.90 Å². The second-order valence-electron chi connectivity index (χ2n) is 3.77. The average molecular weight is 350 g/mol. The third kappa shape index (κ3) is 1.96. The van der Waals surface area contributed by atoms with Crippen LogP contribution in [-0.4, -0.2) is 11.8 Å². The summed E-state index contributed by atoms with van der Waals surface area (Å²) in [5.41, 5.74) is 0.487. The molecule has 0 aliphatic carbocycles. The second-order valence-corrected chi connectivity index (χ2v) is 5.42. The number of hydrogen-bond acceptors (Lipinski definition) is 2. The molecular formula is C11H9ClINO2. The SMILES string of the molecule is CC1CC(=O)N(c2ccc(I)cc2Cl)C1=O. The summed E-state index contributed by atoms with van der Waals surface area (Å²) in [6.07, 6.45) is 0.265. The van der Waals surface area contributed by atoms with Crippen LogP contribution in [0.5, 0.6) is 0 Å². The number of nitrogens with zero attached hydrogens (tertiary/aromatic N) is 1. The van der Waals surface area contributed by atoms with Crippen molar-refractivity contribution in [3.8, 4) is 0 Å². The molecule has 0 bridgehead atoms. The predicted octanol–water partition coefficient (Wildman–Crippen LogP) is 2.84. The summed E-state index contributed by atoms with van der Waals surface area (Å²) in [6, 6.07) is 5.27. The Morgan fingerprint density at radius 1 is 1.44 bits per heavy atom. The van der Waals surface area contributed by atoms with E-state index in [1.54, 1.807) is 19.1 Å². The minimum absolute atomic E-state index is 0.173. The van der Waals surface area contributed by atoms with E-state index < -0.39 is 0 Å². The lowest BCUT2D eigenvalue weighted by Gasteiger charge is -2.16. The molecule has 1 aromatic rings. The van der Waals surface area contributed by atoms with Crippen molar-refractivity contribution in [3.63, 3.8) is 0 Å². The first kappa shape index (κ1) is 11.9. The second kappa shape index (κ2) is 4.33. The van der Waals surface area contributed by atoms with Crippen molar-refractivity contribution in [2.45, 2.75) is 13.3 Å². The molecule has 0 aromatic heterocycles. The van der Waals surface area contributed by atoms with E-state index in [1.165, 1.54) is 4.90 Å². The highest BCUT2D eigenvalue weighted by Crippen LogP contribution is 2.32. The molecule has 1 heterocycles. The summed E-state index contributed by atoms with van der Waals surface area (Å²) in [4.78, 5) is 24.7. The summed E-state index contributed by atoms with van der Waals surface area (Å²) in [7, 11) is 0. The smallest absolute Gasteiger partial charge is 0.237 e. The number of imide groups is 1. The highest BCUT2D eigenvalue weighted by molar-refractivity contribution is 14.1. The first-order chi connectivity index (χ1) is 7.50. The fourth-order valence-corrected chi connectivity index (χ4v) is 2.64. The van der Waals surface area contributed by atoms with E-state index in [2.05, 4.69) is 22.6 Å². The monoisotopic (exact) mass is 349 g/mol. The summed E-state index contributed by atoms with van der Waals surface area (Å²) in [5.74, 6) is -0.600. The van der Waals surface area contributed by atoms with Crippen LogP contribution in [0.4, 0.5) is 5.69 Å². The average Bonchev–Trinajstić information content (AvgIpc) is 2.43. The lowest BCUT2D eigenvalue weighted by Crippen LogP contribution is -2.30. The van der Waals surface area contributed by atoms with Crippen LogP contribution in [0.15, 0.2) is 18.2 Å². The maximum absolute atomic E-state index is 11.8. The Bertz CT molecular complexity index is 475. The van der Waals surface area contributed by atoms with E-state index in [0.29, 0.717) is 10.7 Å². The zero-order valence-electron chi connectivity index (χ0n) is 8.54. The Hall–Kier alpha value is -0.620. The van der Waals surface area contributed by atoms with Gasteiger partial charge >= 0.3 is 0 Å². The van der Waals surface area contributed by atoms with Crippen molar-refractivity contribution in [1.29, 1.82) is 0 Å². The van der Waals surface area contributed by atoms with Gasteiger partial charge in [0.05, 0.1) is 10.7 Å². The number of benzene rings is 1. The molecular weight excluding hydrogens is 340 g/mol. The standard InChI is InChI=1S/C11H9ClINO2/c1-6-4-10(15)14(11(6)16)9-3-2-7(13)5-8(9)12/h2-3,5-6H,4H2,1H3. The van der Waals surface area contributed by atoms with E-state index >= 15 is 0 Å². The van der Waals surface area contributed by atoms with Crippen LogP contribution in [0, 0.1) is 9.49 Å². The van der Waals surface area contributed by atoms with Gasteiger partial charge in [-0.15, -0.1) is 0 Å². The van der Waals surface area contributed by atoms with Gasteiger partial charge in [0.2, 0.25) is 11.8 Å². The third-order valence-electron chi connectivity index (χ3n) is 2.52. The summed E-state index contributed by atoms with van der Waals surface area (Å²) < 4.78 is 0.971. The summed E-state index contributed by atoms with van der Waals surface area (Å²) >= 11 is 8.16. The number of carbonyl (C=O) groups excluding carboxylic acids is 2. The molecule has 1 aliphatic rings. The summed E-state index contributed by atoms with van der Waals surface area (Å²) in [6.45, 7) is 1.75. The molecule has 0 radical (unpaired) electrons. The van der Waals surface area contributed by atoms with E-state index in [0.717, 1.165) is 3.57 Å². The molecule has 3 nitrogen and oxygen atoms in total. The van der Waals surface area contributed by atoms with Gasteiger partial charge in [0, 0.05) is 15.9 Å². The molecule has 0 spiro atoms. The first-order valence-corrected chi connectivity index (χ1v) is 6.28. The fourth-order valence-electron chi connectivity index (χ4n) is 1.70. The van der Waals surface area contributed by atoms with Crippen molar-refractivity contribution in [2.75, 3.05) is 4.90 Å². The maximum atomic E-state index is 11.8. The minimum Gasteiger partial charge on any atom is -0.274 e. The van der Waals surface area contributed by atoms with Gasteiger partial charge in [0.15, 0.2) is 0 Å². The highest BCUT2D eigenvalue weighted by Gasteiger charge is 2.37. The number of amides is 2. The van der Waals surface area contributed by atoms with Crippen LogP contribution in [0.1, 0.15) is 13.3 Å². The molecule has 84 valence electrons. The van der Waals surface area contributed by atoms with Crippen molar-refractivity contribution in [3.05, 3.63) is 26.8 Å². The minimum atomic E-state index is -0.247. The van der Waals surface area contributed by atoms with Crippen molar-refractivity contribution in [2.24, 2.45) is 5.92 Å². The van der Waals surface area contributed by atoms with Gasteiger partial charge in [-0.05, 0) is 40.8 Å². The maximum Gasteiger partial charge on any atom is 0.237 e. The van der Waals surface area contributed by atoms with Crippen molar-refractivity contribution < 1.29 is 9.59 Å². The zero-order chi connectivity index (χ0) is 11.9. The van der Waals surface area contributed by atoms with Gasteiger partial charge in [0.25, 0.3) is 0 Å². The quantitative estimate of drug-likeness (QED) is 0.577. The molecule has 1 aromatic carbocycles. The van der Waals surface area contributed by atoms with Gasteiger partial charge in [0.1, 0.15) is 0 Å². The lowest BCUT2D eigenvalue weighted by atomic mass is 10.1. The molecule has 2 rings (SSSR count). The molecule has 1 fully saturated rings. The third-order valence-corrected chi connectivity index (χ3v) is 3.50. The van der Waals surface area contributed by atoms with Crippen LogP contribution in [0.3, 0.4) is 0 Å². The molecule has 1 atom stereocenters. The molecule has 0 N–H and O–H groups in total. The predicted molar refractivity (Wildman–Crippen MR) is 70.4 cm³/mol. The lowest BCUT2D eigenvalue weighted by molar-refractivity contribution is -0.122. The topological polar surface area (TPSA) is 37.4 Å². The van der Waals surface area contributed by atoms with Crippen LogP contribution in [-0.2, 0) is 9.59 Å². The van der Waals surface area contributed by atoms with E-state index in [-0.39, 0.29) is 24.2 Å².